The summed E-state index contributed by atoms with van der Waals surface area (Å²) in [5.41, 5.74) is 0.492. The number of anilines is 1. The third-order valence-corrected chi connectivity index (χ3v) is 6.96. The highest BCUT2D eigenvalue weighted by Gasteiger charge is 2.30. The maximum absolute atomic E-state index is 13.2. The predicted octanol–water partition coefficient (Wildman–Crippen LogP) is 3.67. The van der Waals surface area contributed by atoms with Gasteiger partial charge in [0.1, 0.15) is 6.54 Å². The van der Waals surface area contributed by atoms with E-state index in [1.807, 2.05) is 6.07 Å². The number of hydrogen-bond donors (Lipinski definition) is 0. The summed E-state index contributed by atoms with van der Waals surface area (Å²) in [7, 11) is -2.04. The van der Waals surface area contributed by atoms with Crippen LogP contribution in [0.1, 0.15) is 32.1 Å². The van der Waals surface area contributed by atoms with Gasteiger partial charge >= 0.3 is 0 Å². The fourth-order valence-electron chi connectivity index (χ4n) is 3.54. The van der Waals surface area contributed by atoms with Crippen molar-refractivity contribution in [2.75, 3.05) is 17.9 Å². The number of hydrogen-bond acceptors (Lipinski definition) is 3. The van der Waals surface area contributed by atoms with Gasteiger partial charge < -0.3 is 4.90 Å². The van der Waals surface area contributed by atoms with Crippen LogP contribution in [-0.4, -0.2) is 38.9 Å². The molecule has 1 aliphatic carbocycles. The number of carbonyl (C=O) groups is 1. The van der Waals surface area contributed by atoms with Gasteiger partial charge in [0, 0.05) is 13.1 Å². The molecule has 6 heteroatoms. The lowest BCUT2D eigenvalue weighted by Gasteiger charge is -2.33. The van der Waals surface area contributed by atoms with Crippen LogP contribution in [0.2, 0.25) is 0 Å². The number of para-hydroxylation sites is 1. The van der Waals surface area contributed by atoms with E-state index in [1.54, 1.807) is 66.5 Å². The summed E-state index contributed by atoms with van der Waals surface area (Å²) in [4.78, 5) is 14.8. The molecular formula is C21H26N2O3S. The Balaban J connectivity index is 1.88. The molecule has 2 aromatic rings. The minimum atomic E-state index is -3.83. The van der Waals surface area contributed by atoms with Crippen LogP contribution < -0.4 is 4.31 Å². The minimum Gasteiger partial charge on any atom is -0.341 e. The average Bonchev–Trinajstić information content (AvgIpc) is 2.73. The smallest absolute Gasteiger partial charge is 0.264 e. The van der Waals surface area contributed by atoms with Crippen molar-refractivity contribution in [1.29, 1.82) is 0 Å². The molecule has 0 bridgehead atoms. The van der Waals surface area contributed by atoms with E-state index in [-0.39, 0.29) is 23.4 Å². The van der Waals surface area contributed by atoms with Crippen molar-refractivity contribution >= 4 is 21.6 Å². The first-order valence-electron chi connectivity index (χ1n) is 9.38. The van der Waals surface area contributed by atoms with Crippen molar-refractivity contribution in [2.45, 2.75) is 43.0 Å². The standard InChI is InChI=1S/C21H26N2O3S/c1-22(18-11-5-2-6-12-18)21(24)17-23(19-13-7-3-8-14-19)27(25,26)20-15-9-4-10-16-20/h3-4,7-10,13-16,18H,2,5-6,11-12,17H2,1H3. The summed E-state index contributed by atoms with van der Waals surface area (Å²) in [6.07, 6.45) is 5.41. The highest BCUT2D eigenvalue weighted by Crippen LogP contribution is 2.25. The Kier molecular flexibility index (Phi) is 6.16. The topological polar surface area (TPSA) is 57.7 Å². The Bertz CT molecular complexity index is 848. The van der Waals surface area contributed by atoms with Crippen molar-refractivity contribution in [2.24, 2.45) is 0 Å². The Hall–Kier alpha value is -2.34. The van der Waals surface area contributed by atoms with Crippen molar-refractivity contribution in [3.05, 3.63) is 60.7 Å². The first-order chi connectivity index (χ1) is 13.0. The number of rotatable bonds is 6. The van der Waals surface area contributed by atoms with Crippen LogP contribution in [0, 0.1) is 0 Å². The molecule has 1 fully saturated rings. The molecule has 2 aromatic carbocycles. The molecule has 0 aromatic heterocycles. The van der Waals surface area contributed by atoms with Gasteiger partial charge in [0.05, 0.1) is 10.6 Å². The van der Waals surface area contributed by atoms with Gasteiger partial charge in [-0.3, -0.25) is 9.10 Å². The van der Waals surface area contributed by atoms with E-state index in [4.69, 9.17) is 0 Å². The van der Waals surface area contributed by atoms with Crippen LogP contribution in [0.15, 0.2) is 65.6 Å². The normalized spacial score (nSPS) is 15.3. The van der Waals surface area contributed by atoms with Crippen LogP contribution >= 0.6 is 0 Å². The second-order valence-electron chi connectivity index (χ2n) is 6.96. The van der Waals surface area contributed by atoms with Gasteiger partial charge in [0.2, 0.25) is 5.91 Å². The molecule has 0 N–H and O–H groups in total. The molecule has 0 atom stereocenters. The molecule has 0 heterocycles. The molecule has 0 unspecified atom stereocenters. The SMILES string of the molecule is CN(C(=O)CN(c1ccccc1)S(=O)(=O)c1ccccc1)C1CCCCC1. The fourth-order valence-corrected chi connectivity index (χ4v) is 4.97. The first-order valence-corrected chi connectivity index (χ1v) is 10.8. The molecule has 1 aliphatic rings. The van der Waals surface area contributed by atoms with E-state index >= 15 is 0 Å². The molecule has 5 nitrogen and oxygen atoms in total. The van der Waals surface area contributed by atoms with Gasteiger partial charge in [0.15, 0.2) is 0 Å². The maximum atomic E-state index is 13.2. The average molecular weight is 387 g/mol. The van der Waals surface area contributed by atoms with Crippen molar-refractivity contribution in [3.63, 3.8) is 0 Å². The number of likely N-dealkylation sites (N-methyl/N-ethyl adjacent to an activating group) is 1. The van der Waals surface area contributed by atoms with Crippen molar-refractivity contribution in [1.82, 2.24) is 4.90 Å². The van der Waals surface area contributed by atoms with Crippen LogP contribution in [0.5, 0.6) is 0 Å². The van der Waals surface area contributed by atoms with E-state index in [0.717, 1.165) is 25.7 Å². The van der Waals surface area contributed by atoms with Gasteiger partial charge in [0.25, 0.3) is 10.0 Å². The molecule has 0 radical (unpaired) electrons. The lowest BCUT2D eigenvalue weighted by molar-refractivity contribution is -0.130. The van der Waals surface area contributed by atoms with Gasteiger partial charge in [-0.15, -0.1) is 0 Å². The summed E-state index contributed by atoms with van der Waals surface area (Å²) in [5.74, 6) is -0.176. The Labute approximate surface area is 161 Å². The quantitative estimate of drug-likeness (QED) is 0.761. The first kappa shape index (κ1) is 19.4. The molecular weight excluding hydrogens is 360 g/mol. The van der Waals surface area contributed by atoms with Gasteiger partial charge in [-0.25, -0.2) is 8.42 Å². The Morgan fingerprint density at radius 2 is 1.48 bits per heavy atom. The second kappa shape index (κ2) is 8.57. The summed E-state index contributed by atoms with van der Waals surface area (Å²) >= 11 is 0. The highest BCUT2D eigenvalue weighted by atomic mass is 32.2. The third-order valence-electron chi connectivity index (χ3n) is 5.17. The van der Waals surface area contributed by atoms with Gasteiger partial charge in [-0.05, 0) is 37.1 Å². The Morgan fingerprint density at radius 1 is 0.926 bits per heavy atom. The van der Waals surface area contributed by atoms with Crippen molar-refractivity contribution in [3.8, 4) is 0 Å². The van der Waals surface area contributed by atoms with Gasteiger partial charge in [-0.2, -0.15) is 0 Å². The summed E-state index contributed by atoms with van der Waals surface area (Å²) < 4.78 is 27.7. The number of sulfonamides is 1. The van der Waals surface area contributed by atoms with Gasteiger partial charge in [-0.1, -0.05) is 55.7 Å². The lowest BCUT2D eigenvalue weighted by Crippen LogP contribution is -2.45. The van der Waals surface area contributed by atoms with E-state index < -0.39 is 10.0 Å². The monoisotopic (exact) mass is 386 g/mol. The summed E-state index contributed by atoms with van der Waals surface area (Å²) in [5, 5.41) is 0. The number of benzene rings is 2. The zero-order valence-corrected chi connectivity index (χ0v) is 16.4. The van der Waals surface area contributed by atoms with Crippen LogP contribution in [-0.2, 0) is 14.8 Å². The molecule has 3 rings (SSSR count). The van der Waals surface area contributed by atoms with Crippen LogP contribution in [0.25, 0.3) is 0 Å². The molecule has 0 aliphatic heterocycles. The van der Waals surface area contributed by atoms with E-state index in [0.29, 0.717) is 5.69 Å². The number of nitrogens with zero attached hydrogens (tertiary/aromatic N) is 2. The molecule has 0 spiro atoms. The zero-order valence-electron chi connectivity index (χ0n) is 15.6. The zero-order chi connectivity index (χ0) is 19.3. The van der Waals surface area contributed by atoms with Crippen molar-refractivity contribution < 1.29 is 13.2 Å². The number of amides is 1. The Morgan fingerprint density at radius 3 is 2.07 bits per heavy atom. The van der Waals surface area contributed by atoms with E-state index in [9.17, 15) is 13.2 Å². The molecule has 144 valence electrons. The largest absolute Gasteiger partial charge is 0.341 e. The molecule has 1 saturated carbocycles. The summed E-state index contributed by atoms with van der Waals surface area (Å²) in [6, 6.07) is 17.3. The fraction of sp³-hybridized carbons (Fsp3) is 0.381. The van der Waals surface area contributed by atoms with E-state index in [1.165, 1.54) is 10.7 Å². The molecule has 27 heavy (non-hydrogen) atoms. The van der Waals surface area contributed by atoms with Crippen LogP contribution in [0.4, 0.5) is 5.69 Å². The third kappa shape index (κ3) is 4.50. The van der Waals surface area contributed by atoms with Crippen LogP contribution in [0.3, 0.4) is 0 Å². The highest BCUT2D eigenvalue weighted by molar-refractivity contribution is 7.92. The maximum Gasteiger partial charge on any atom is 0.264 e. The molecule has 1 amide bonds. The molecule has 0 saturated heterocycles. The lowest BCUT2D eigenvalue weighted by atomic mass is 9.94. The second-order valence-corrected chi connectivity index (χ2v) is 8.82. The minimum absolute atomic E-state index is 0.176. The predicted molar refractivity (Wildman–Crippen MR) is 107 cm³/mol. The summed E-state index contributed by atoms with van der Waals surface area (Å²) in [6.45, 7) is -0.200. The van der Waals surface area contributed by atoms with E-state index in [2.05, 4.69) is 0 Å². The number of carbonyl (C=O) groups excluding carboxylic acids is 1.